The molecule has 0 saturated carbocycles. The number of hydrogen-bond acceptors (Lipinski definition) is 2. The summed E-state index contributed by atoms with van der Waals surface area (Å²) in [4.78, 5) is 2.50. The van der Waals surface area contributed by atoms with Crippen LogP contribution in [-0.4, -0.2) is 37.1 Å². The van der Waals surface area contributed by atoms with Crippen LogP contribution < -0.4 is 5.32 Å². The van der Waals surface area contributed by atoms with Crippen LogP contribution in [0.3, 0.4) is 0 Å². The molecule has 76 valence electrons. The standard InChI is InChI=1S/C11H22N2/c1-3-11(2)12-7-10-13-8-5-4-6-9-13/h4-5,11-12H,3,6-10H2,1-2H3. The molecule has 1 aliphatic rings. The van der Waals surface area contributed by atoms with Crippen molar-refractivity contribution in [1.29, 1.82) is 0 Å². The fourth-order valence-corrected chi connectivity index (χ4v) is 1.51. The van der Waals surface area contributed by atoms with Crippen molar-refractivity contribution in [2.75, 3.05) is 26.2 Å². The summed E-state index contributed by atoms with van der Waals surface area (Å²) in [7, 11) is 0. The number of rotatable bonds is 5. The van der Waals surface area contributed by atoms with E-state index in [4.69, 9.17) is 0 Å². The van der Waals surface area contributed by atoms with E-state index in [1.165, 1.54) is 25.9 Å². The zero-order valence-electron chi connectivity index (χ0n) is 8.92. The van der Waals surface area contributed by atoms with Gasteiger partial charge in [0.1, 0.15) is 0 Å². The third kappa shape index (κ3) is 4.44. The summed E-state index contributed by atoms with van der Waals surface area (Å²) in [6.45, 7) is 9.16. The number of nitrogens with zero attached hydrogens (tertiary/aromatic N) is 1. The van der Waals surface area contributed by atoms with Crippen molar-refractivity contribution in [2.24, 2.45) is 0 Å². The number of hydrogen-bond donors (Lipinski definition) is 1. The molecule has 1 unspecified atom stereocenters. The third-order valence-corrected chi connectivity index (χ3v) is 2.68. The Bertz CT molecular complexity index is 154. The van der Waals surface area contributed by atoms with Crippen molar-refractivity contribution >= 4 is 0 Å². The molecule has 0 fully saturated rings. The Hall–Kier alpha value is -0.340. The van der Waals surface area contributed by atoms with Gasteiger partial charge in [-0.15, -0.1) is 0 Å². The maximum atomic E-state index is 3.51. The van der Waals surface area contributed by atoms with Gasteiger partial charge < -0.3 is 5.32 Å². The molecule has 0 saturated heterocycles. The van der Waals surface area contributed by atoms with Gasteiger partial charge in [0, 0.05) is 32.2 Å². The highest BCUT2D eigenvalue weighted by Crippen LogP contribution is 1.99. The van der Waals surface area contributed by atoms with Gasteiger partial charge in [0.05, 0.1) is 0 Å². The summed E-state index contributed by atoms with van der Waals surface area (Å²) in [5.74, 6) is 0. The third-order valence-electron chi connectivity index (χ3n) is 2.68. The molecule has 1 rings (SSSR count). The topological polar surface area (TPSA) is 15.3 Å². The van der Waals surface area contributed by atoms with Crippen LogP contribution in [-0.2, 0) is 0 Å². The van der Waals surface area contributed by atoms with Gasteiger partial charge >= 0.3 is 0 Å². The largest absolute Gasteiger partial charge is 0.313 e. The molecular formula is C11H22N2. The summed E-state index contributed by atoms with van der Waals surface area (Å²) in [6, 6.07) is 0.667. The van der Waals surface area contributed by atoms with Crippen molar-refractivity contribution in [2.45, 2.75) is 32.7 Å². The van der Waals surface area contributed by atoms with Gasteiger partial charge in [0.2, 0.25) is 0 Å². The van der Waals surface area contributed by atoms with E-state index < -0.39 is 0 Å². The van der Waals surface area contributed by atoms with E-state index in [1.807, 2.05) is 0 Å². The van der Waals surface area contributed by atoms with Crippen LogP contribution in [0.25, 0.3) is 0 Å². The first kappa shape index (κ1) is 10.7. The van der Waals surface area contributed by atoms with E-state index in [2.05, 4.69) is 36.2 Å². The SMILES string of the molecule is CCC(C)NCCN1CC=CCC1. The minimum absolute atomic E-state index is 0.667. The molecule has 0 aromatic rings. The lowest BCUT2D eigenvalue weighted by Crippen LogP contribution is -2.37. The smallest absolute Gasteiger partial charge is 0.0163 e. The van der Waals surface area contributed by atoms with Crippen LogP contribution in [0.1, 0.15) is 26.7 Å². The predicted octanol–water partition coefficient (Wildman–Crippen LogP) is 1.64. The molecule has 1 aliphatic heterocycles. The monoisotopic (exact) mass is 182 g/mol. The van der Waals surface area contributed by atoms with Crippen LogP contribution in [0, 0.1) is 0 Å². The zero-order chi connectivity index (χ0) is 9.52. The highest BCUT2D eigenvalue weighted by atomic mass is 15.1. The van der Waals surface area contributed by atoms with Gasteiger partial charge in [-0.3, -0.25) is 4.90 Å². The second-order valence-corrected chi connectivity index (χ2v) is 3.82. The van der Waals surface area contributed by atoms with Crippen LogP contribution in [0.2, 0.25) is 0 Å². The van der Waals surface area contributed by atoms with Crippen molar-refractivity contribution in [3.8, 4) is 0 Å². The van der Waals surface area contributed by atoms with Gasteiger partial charge in [-0.1, -0.05) is 19.1 Å². The first-order chi connectivity index (χ1) is 6.33. The van der Waals surface area contributed by atoms with E-state index in [0.717, 1.165) is 13.1 Å². The zero-order valence-corrected chi connectivity index (χ0v) is 8.92. The van der Waals surface area contributed by atoms with Crippen LogP contribution >= 0.6 is 0 Å². The Labute approximate surface area is 82.0 Å². The molecule has 2 heteroatoms. The molecule has 0 aliphatic carbocycles. The first-order valence-corrected chi connectivity index (χ1v) is 5.43. The molecule has 0 aromatic heterocycles. The molecule has 0 amide bonds. The highest BCUT2D eigenvalue weighted by Gasteiger charge is 2.05. The lowest BCUT2D eigenvalue weighted by atomic mass is 10.2. The van der Waals surface area contributed by atoms with Crippen molar-refractivity contribution in [1.82, 2.24) is 10.2 Å². The summed E-state index contributed by atoms with van der Waals surface area (Å²) in [6.07, 6.45) is 6.99. The van der Waals surface area contributed by atoms with Crippen molar-refractivity contribution < 1.29 is 0 Å². The van der Waals surface area contributed by atoms with Crippen molar-refractivity contribution in [3.05, 3.63) is 12.2 Å². The molecule has 1 N–H and O–H groups in total. The van der Waals surface area contributed by atoms with E-state index in [9.17, 15) is 0 Å². The van der Waals surface area contributed by atoms with Gasteiger partial charge in [0.25, 0.3) is 0 Å². The minimum atomic E-state index is 0.667. The molecule has 0 bridgehead atoms. The maximum Gasteiger partial charge on any atom is 0.0163 e. The highest BCUT2D eigenvalue weighted by molar-refractivity contribution is 4.90. The van der Waals surface area contributed by atoms with Gasteiger partial charge in [-0.25, -0.2) is 0 Å². The number of nitrogens with one attached hydrogen (secondary N) is 1. The molecule has 1 heterocycles. The van der Waals surface area contributed by atoms with E-state index >= 15 is 0 Å². The maximum absolute atomic E-state index is 3.51. The molecule has 2 nitrogen and oxygen atoms in total. The van der Waals surface area contributed by atoms with E-state index in [-0.39, 0.29) is 0 Å². The van der Waals surface area contributed by atoms with Crippen LogP contribution in [0.5, 0.6) is 0 Å². The summed E-state index contributed by atoms with van der Waals surface area (Å²) >= 11 is 0. The molecule has 0 radical (unpaired) electrons. The first-order valence-electron chi connectivity index (χ1n) is 5.43. The Morgan fingerprint density at radius 2 is 2.31 bits per heavy atom. The molecular weight excluding hydrogens is 160 g/mol. The molecule has 0 aromatic carbocycles. The van der Waals surface area contributed by atoms with Crippen LogP contribution in [0.4, 0.5) is 0 Å². The summed E-state index contributed by atoms with van der Waals surface area (Å²) < 4.78 is 0. The Morgan fingerprint density at radius 3 is 2.92 bits per heavy atom. The molecule has 1 atom stereocenters. The Morgan fingerprint density at radius 1 is 1.46 bits per heavy atom. The summed E-state index contributed by atoms with van der Waals surface area (Å²) in [5.41, 5.74) is 0. The average molecular weight is 182 g/mol. The van der Waals surface area contributed by atoms with Gasteiger partial charge in [-0.05, 0) is 19.8 Å². The average Bonchev–Trinajstić information content (AvgIpc) is 2.19. The quantitative estimate of drug-likeness (QED) is 0.650. The second kappa shape index (κ2) is 6.17. The van der Waals surface area contributed by atoms with Gasteiger partial charge in [0.15, 0.2) is 0 Å². The van der Waals surface area contributed by atoms with Crippen molar-refractivity contribution in [3.63, 3.8) is 0 Å². The predicted molar refractivity (Wildman–Crippen MR) is 58.0 cm³/mol. The van der Waals surface area contributed by atoms with E-state index in [0.29, 0.717) is 6.04 Å². The fourth-order valence-electron chi connectivity index (χ4n) is 1.51. The summed E-state index contributed by atoms with van der Waals surface area (Å²) in [5, 5.41) is 3.51. The lowest BCUT2D eigenvalue weighted by molar-refractivity contribution is 0.292. The Kier molecular flexibility index (Phi) is 5.09. The molecule has 0 spiro atoms. The molecule has 13 heavy (non-hydrogen) atoms. The van der Waals surface area contributed by atoms with Crippen LogP contribution in [0.15, 0.2) is 12.2 Å². The van der Waals surface area contributed by atoms with Gasteiger partial charge in [-0.2, -0.15) is 0 Å². The van der Waals surface area contributed by atoms with E-state index in [1.54, 1.807) is 0 Å². The lowest BCUT2D eigenvalue weighted by Gasteiger charge is -2.23. The normalized spacial score (nSPS) is 20.5. The minimum Gasteiger partial charge on any atom is -0.313 e. The fraction of sp³-hybridized carbons (Fsp3) is 0.818. The Balaban J connectivity index is 2.02. The second-order valence-electron chi connectivity index (χ2n) is 3.82.